The number of amides is 1. The molecule has 3 aromatic rings. The van der Waals surface area contributed by atoms with Crippen molar-refractivity contribution in [1.29, 1.82) is 0 Å². The number of hydrogen-bond donors (Lipinski definition) is 1. The number of carbonyl (C=O) groups excluding carboxylic acids is 1. The van der Waals surface area contributed by atoms with Crippen molar-refractivity contribution in [2.75, 3.05) is 37.1 Å². The second-order valence-corrected chi connectivity index (χ2v) is 6.82. The van der Waals surface area contributed by atoms with E-state index in [1.54, 1.807) is 24.3 Å². The van der Waals surface area contributed by atoms with Crippen molar-refractivity contribution in [2.45, 2.75) is 0 Å². The fourth-order valence-electron chi connectivity index (χ4n) is 3.00. The molecule has 1 amide bonds. The van der Waals surface area contributed by atoms with Crippen LogP contribution < -0.4 is 15.0 Å². The van der Waals surface area contributed by atoms with Gasteiger partial charge in [-0.3, -0.25) is 0 Å². The van der Waals surface area contributed by atoms with E-state index < -0.39 is 5.82 Å². The molecule has 2 aromatic carbocycles. The van der Waals surface area contributed by atoms with Crippen molar-refractivity contribution in [3.8, 4) is 5.75 Å². The molecule has 1 fully saturated rings. The van der Waals surface area contributed by atoms with Gasteiger partial charge in [-0.2, -0.15) is 0 Å². The summed E-state index contributed by atoms with van der Waals surface area (Å²) in [5.74, 6) is 1.31. The van der Waals surface area contributed by atoms with Gasteiger partial charge in [0.1, 0.15) is 12.1 Å². The van der Waals surface area contributed by atoms with Gasteiger partial charge >= 0.3 is 31.1 Å². The van der Waals surface area contributed by atoms with Crippen LogP contribution in [0.3, 0.4) is 0 Å². The summed E-state index contributed by atoms with van der Waals surface area (Å²) >= 11 is 5.86. The molecule has 10 heteroatoms. The van der Waals surface area contributed by atoms with Gasteiger partial charge in [-0.25, -0.2) is 20.3 Å². The molecule has 0 bridgehead atoms. The number of rotatable bonds is 7. The van der Waals surface area contributed by atoms with Crippen molar-refractivity contribution in [2.24, 2.45) is 0 Å². The van der Waals surface area contributed by atoms with Crippen molar-refractivity contribution in [3.05, 3.63) is 53.4 Å². The maximum atomic E-state index is 14.3. The fraction of sp³-hybridized carbons (Fsp3) is 0.200. The van der Waals surface area contributed by atoms with Crippen LogP contribution in [0, 0.1) is 42.8 Å². The summed E-state index contributed by atoms with van der Waals surface area (Å²) in [4.78, 5) is 21.5. The summed E-state index contributed by atoms with van der Waals surface area (Å²) in [5, 5.41) is 3.53. The third-order valence-electron chi connectivity index (χ3n) is 4.54. The van der Waals surface area contributed by atoms with Gasteiger partial charge in [-0.15, -0.1) is 12.6 Å². The zero-order valence-corrected chi connectivity index (χ0v) is 20.8. The van der Waals surface area contributed by atoms with Gasteiger partial charge in [0.2, 0.25) is 0 Å². The number of hydrogen-bond acceptors (Lipinski definition) is 6. The molecule has 2 heterocycles. The second kappa shape index (κ2) is 9.93. The van der Waals surface area contributed by atoms with Gasteiger partial charge in [-0.05, 0) is 18.2 Å². The van der Waals surface area contributed by atoms with Crippen LogP contribution in [0.4, 0.5) is 21.6 Å². The molecule has 0 saturated carbocycles. The van der Waals surface area contributed by atoms with Gasteiger partial charge in [-0.1, -0.05) is 36.6 Å². The molecule has 1 aromatic heterocycles. The number of ether oxygens (including phenoxy) is 2. The predicted octanol–water partition coefficient (Wildman–Crippen LogP) is 3.65. The molecule has 0 unspecified atom stereocenters. The van der Waals surface area contributed by atoms with Gasteiger partial charge < -0.3 is 24.5 Å². The Morgan fingerprint density at radius 2 is 2.17 bits per heavy atom. The Morgan fingerprint density at radius 1 is 1.37 bits per heavy atom. The average molecular weight is 653 g/mol. The van der Waals surface area contributed by atoms with Crippen LogP contribution >= 0.6 is 11.6 Å². The largest absolute Gasteiger partial charge is 2.00 e. The minimum Gasteiger partial charge on any atom is -0.513 e. The topological polar surface area (TPSA) is 76.6 Å². The molecule has 7 nitrogen and oxygen atoms in total. The van der Waals surface area contributed by atoms with Crippen molar-refractivity contribution >= 4 is 46.1 Å². The predicted molar refractivity (Wildman–Crippen MR) is 108 cm³/mol. The molecular formula is C20H16ClFN4O3U. The fourth-order valence-corrected chi connectivity index (χ4v) is 3.18. The summed E-state index contributed by atoms with van der Waals surface area (Å²) < 4.78 is 24.9. The third-order valence-corrected chi connectivity index (χ3v) is 4.83. The molecule has 152 valence electrons. The normalized spacial score (nSPS) is 13.3. The quantitative estimate of drug-likeness (QED) is 0.311. The van der Waals surface area contributed by atoms with Gasteiger partial charge in [0.05, 0.1) is 35.5 Å². The Balaban J connectivity index is 0.00000256. The van der Waals surface area contributed by atoms with Crippen LogP contribution in [0.1, 0.15) is 0 Å². The van der Waals surface area contributed by atoms with E-state index in [1.807, 2.05) is 6.41 Å². The van der Waals surface area contributed by atoms with Crippen LogP contribution in [-0.2, 0) is 9.53 Å². The Morgan fingerprint density at radius 3 is 2.83 bits per heavy atom. The minimum atomic E-state index is -0.584. The number of aromatic nitrogens is 2. The van der Waals surface area contributed by atoms with E-state index in [0.717, 1.165) is 5.92 Å². The van der Waals surface area contributed by atoms with Crippen molar-refractivity contribution < 1.29 is 49.8 Å². The summed E-state index contributed by atoms with van der Waals surface area (Å²) in [6.07, 6.45) is 3.29. The molecule has 1 N–H and O–H groups in total. The number of methoxy groups -OCH3 is 1. The van der Waals surface area contributed by atoms with Crippen LogP contribution in [0.25, 0.3) is 10.9 Å². The first kappa shape index (κ1) is 22.8. The van der Waals surface area contributed by atoms with E-state index in [1.165, 1.54) is 24.4 Å². The average Bonchev–Trinajstić information content (AvgIpc) is 2.70. The molecule has 0 aliphatic carbocycles. The standard InChI is InChI=1S/C20H16ClFN4O3.U/c1-28-18-6-16-13(5-17(18)26(11-27)7-12-8-29-9-12)20(24-10-23-16)25-15-4-2-3-14(21)19(15)22;/h2-6,10H,7-9H2,1H3,(H,23,24,25);/q-2;+2. The molecule has 30 heavy (non-hydrogen) atoms. The van der Waals surface area contributed by atoms with Crippen LogP contribution in [0.2, 0.25) is 5.02 Å². The summed E-state index contributed by atoms with van der Waals surface area (Å²) in [6.45, 7) is 1.39. The number of anilines is 3. The van der Waals surface area contributed by atoms with E-state index in [9.17, 15) is 9.18 Å². The van der Waals surface area contributed by atoms with E-state index in [2.05, 4.69) is 15.3 Å². The van der Waals surface area contributed by atoms with Crippen molar-refractivity contribution in [3.63, 3.8) is 0 Å². The monoisotopic (exact) mass is 652 g/mol. The Bertz CT molecular complexity index is 1070. The molecule has 0 spiro atoms. The first-order chi connectivity index (χ1) is 14.1. The zero-order valence-electron chi connectivity index (χ0n) is 15.9. The minimum absolute atomic E-state index is 0. The van der Waals surface area contributed by atoms with E-state index in [4.69, 9.17) is 21.1 Å². The Labute approximate surface area is 201 Å². The molecule has 4 rings (SSSR count). The first-order valence-corrected chi connectivity index (χ1v) is 9.09. The number of nitrogens with one attached hydrogen (secondary N) is 1. The summed E-state index contributed by atoms with van der Waals surface area (Å²) in [5.41, 5.74) is 1.24. The summed E-state index contributed by atoms with van der Waals surface area (Å²) in [7, 11) is 1.51. The Hall–Kier alpha value is -1.92. The number of halogens is 2. The van der Waals surface area contributed by atoms with Crippen LogP contribution in [0.5, 0.6) is 5.75 Å². The molecule has 1 aliphatic rings. The number of nitrogens with zero attached hydrogens (tertiary/aromatic N) is 3. The maximum Gasteiger partial charge on any atom is 2.00 e. The molecule has 0 atom stereocenters. The molecule has 0 radical (unpaired) electrons. The van der Waals surface area contributed by atoms with Crippen molar-refractivity contribution in [1.82, 2.24) is 9.97 Å². The number of fused-ring (bicyclic) bond motifs is 1. The molecular weight excluding hydrogens is 637 g/mol. The Kier molecular flexibility index (Phi) is 7.53. The number of benzene rings is 2. The molecule has 1 saturated heterocycles. The van der Waals surface area contributed by atoms with E-state index in [0.29, 0.717) is 47.9 Å². The second-order valence-electron chi connectivity index (χ2n) is 6.41. The van der Waals surface area contributed by atoms with Gasteiger partial charge in [0.25, 0.3) is 0 Å². The van der Waals surface area contributed by atoms with Gasteiger partial charge in [0, 0.05) is 5.39 Å². The van der Waals surface area contributed by atoms with Crippen LogP contribution in [0.15, 0.2) is 36.7 Å². The summed E-state index contributed by atoms with van der Waals surface area (Å²) in [6, 6.07) is 8.05. The van der Waals surface area contributed by atoms with E-state index >= 15 is 0 Å². The van der Waals surface area contributed by atoms with Crippen LogP contribution in [-0.4, -0.2) is 43.2 Å². The SMILES string of the molecule is COc1cc2ncnc(Nc3cccc(Cl)c3F)c2cc1N([C-]=O)C[C-]1COC1.[U+2]. The van der Waals surface area contributed by atoms with Gasteiger partial charge in [0.15, 0.2) is 5.82 Å². The smallest absolute Gasteiger partial charge is 0.513 e. The maximum absolute atomic E-state index is 14.3. The van der Waals surface area contributed by atoms with E-state index in [-0.39, 0.29) is 41.8 Å². The third kappa shape index (κ3) is 4.55. The zero-order chi connectivity index (χ0) is 20.4. The molecule has 1 aliphatic heterocycles. The first-order valence-electron chi connectivity index (χ1n) is 8.71.